The summed E-state index contributed by atoms with van der Waals surface area (Å²) in [6.07, 6.45) is 5.44. The Bertz CT molecular complexity index is 1240. The van der Waals surface area contributed by atoms with Crippen molar-refractivity contribution >= 4 is 34.6 Å². The SMILES string of the molecule is CC.CS(=O)C1CCN(CCC(=O)N2C/C(=C\c3ccc(F)c(F)c3)C(=O)/C(=C/c3ccc(F)c(F)c3)C2)C1. The first-order valence-electron chi connectivity index (χ1n) is 12.8. The van der Waals surface area contributed by atoms with Crippen LogP contribution in [0.15, 0.2) is 47.5 Å². The fraction of sp³-hybridized carbons (Fsp3) is 0.379. The number of piperidine rings is 1. The van der Waals surface area contributed by atoms with Gasteiger partial charge in [0.1, 0.15) is 0 Å². The molecule has 0 spiro atoms. The molecule has 0 bridgehead atoms. The molecule has 10 heteroatoms. The minimum absolute atomic E-state index is 0.0343. The van der Waals surface area contributed by atoms with Crippen LogP contribution >= 0.6 is 0 Å². The van der Waals surface area contributed by atoms with Crippen molar-refractivity contribution in [1.82, 2.24) is 9.80 Å². The lowest BCUT2D eigenvalue weighted by Crippen LogP contribution is -2.42. The Kier molecular flexibility index (Phi) is 10.8. The molecule has 210 valence electrons. The van der Waals surface area contributed by atoms with Gasteiger partial charge in [-0.1, -0.05) is 26.0 Å². The number of Topliss-reactive ketones (excluding diaryl/α,β-unsaturated/α-hetero) is 1. The number of benzene rings is 2. The quantitative estimate of drug-likeness (QED) is 0.367. The van der Waals surface area contributed by atoms with E-state index in [1.807, 2.05) is 13.8 Å². The topological polar surface area (TPSA) is 57.7 Å². The molecule has 2 saturated heterocycles. The van der Waals surface area contributed by atoms with Crippen LogP contribution in [0.5, 0.6) is 0 Å². The van der Waals surface area contributed by atoms with Crippen LogP contribution in [0.4, 0.5) is 17.6 Å². The highest BCUT2D eigenvalue weighted by Crippen LogP contribution is 2.24. The molecule has 2 heterocycles. The van der Waals surface area contributed by atoms with Gasteiger partial charge in [0.05, 0.1) is 0 Å². The molecule has 2 fully saturated rings. The van der Waals surface area contributed by atoms with E-state index in [-0.39, 0.29) is 52.9 Å². The van der Waals surface area contributed by atoms with E-state index in [0.29, 0.717) is 13.1 Å². The van der Waals surface area contributed by atoms with Crippen LogP contribution in [0.2, 0.25) is 0 Å². The molecule has 5 nitrogen and oxygen atoms in total. The van der Waals surface area contributed by atoms with E-state index in [1.165, 1.54) is 29.2 Å². The van der Waals surface area contributed by atoms with Gasteiger partial charge in [0.2, 0.25) is 5.91 Å². The maximum atomic E-state index is 13.7. The molecular formula is C29H32F4N2O3S. The van der Waals surface area contributed by atoms with Crippen LogP contribution < -0.4 is 0 Å². The van der Waals surface area contributed by atoms with Crippen molar-refractivity contribution in [2.24, 2.45) is 0 Å². The molecule has 0 N–H and O–H groups in total. The van der Waals surface area contributed by atoms with Gasteiger partial charge in [-0.2, -0.15) is 0 Å². The number of amides is 1. The van der Waals surface area contributed by atoms with E-state index in [1.54, 1.807) is 6.26 Å². The monoisotopic (exact) mass is 564 g/mol. The first-order chi connectivity index (χ1) is 18.6. The second-order valence-corrected chi connectivity index (χ2v) is 10.9. The van der Waals surface area contributed by atoms with Gasteiger partial charge in [-0.25, -0.2) is 17.6 Å². The predicted octanol–water partition coefficient (Wildman–Crippen LogP) is 4.99. The highest BCUT2D eigenvalue weighted by Gasteiger charge is 2.30. The summed E-state index contributed by atoms with van der Waals surface area (Å²) in [5.74, 6) is -4.83. The molecule has 2 atom stereocenters. The van der Waals surface area contributed by atoms with E-state index < -0.39 is 39.9 Å². The fourth-order valence-electron chi connectivity index (χ4n) is 4.51. The lowest BCUT2D eigenvalue weighted by Gasteiger charge is -2.30. The maximum Gasteiger partial charge on any atom is 0.224 e. The Morgan fingerprint density at radius 1 is 0.923 bits per heavy atom. The van der Waals surface area contributed by atoms with Crippen molar-refractivity contribution in [3.63, 3.8) is 0 Å². The third kappa shape index (κ3) is 7.95. The molecule has 4 rings (SSSR count). The third-order valence-corrected chi connectivity index (χ3v) is 7.89. The summed E-state index contributed by atoms with van der Waals surface area (Å²) < 4.78 is 65.9. The van der Waals surface area contributed by atoms with Crippen LogP contribution in [-0.2, 0) is 20.4 Å². The van der Waals surface area contributed by atoms with Gasteiger partial charge in [-0.15, -0.1) is 0 Å². The van der Waals surface area contributed by atoms with Gasteiger partial charge in [-0.05, 0) is 60.5 Å². The summed E-state index contributed by atoms with van der Waals surface area (Å²) in [4.78, 5) is 29.9. The normalized spacial score (nSPS) is 20.7. The molecule has 2 aromatic rings. The largest absolute Gasteiger partial charge is 0.334 e. The fourth-order valence-corrected chi connectivity index (χ4v) is 5.36. The Hall–Kier alpha value is -3.11. The van der Waals surface area contributed by atoms with E-state index in [2.05, 4.69) is 4.90 Å². The van der Waals surface area contributed by atoms with Crippen molar-refractivity contribution in [3.8, 4) is 0 Å². The second-order valence-electron chi connectivity index (χ2n) is 9.23. The summed E-state index contributed by atoms with van der Waals surface area (Å²) in [6, 6.07) is 6.44. The first-order valence-corrected chi connectivity index (χ1v) is 14.4. The lowest BCUT2D eigenvalue weighted by atomic mass is 9.94. The van der Waals surface area contributed by atoms with E-state index in [0.717, 1.165) is 37.2 Å². The molecule has 0 aromatic heterocycles. The lowest BCUT2D eigenvalue weighted by molar-refractivity contribution is -0.131. The molecule has 0 radical (unpaired) electrons. The molecule has 0 saturated carbocycles. The Morgan fingerprint density at radius 3 is 1.87 bits per heavy atom. The molecular weight excluding hydrogens is 532 g/mol. The van der Waals surface area contributed by atoms with Gasteiger partial charge in [0, 0.05) is 66.1 Å². The molecule has 2 aliphatic rings. The van der Waals surface area contributed by atoms with Gasteiger partial charge < -0.3 is 9.80 Å². The van der Waals surface area contributed by atoms with Crippen molar-refractivity contribution < 1.29 is 31.4 Å². The Morgan fingerprint density at radius 2 is 1.44 bits per heavy atom. The van der Waals surface area contributed by atoms with Crippen LogP contribution in [0.25, 0.3) is 12.2 Å². The minimum Gasteiger partial charge on any atom is -0.334 e. The highest BCUT2D eigenvalue weighted by atomic mass is 32.2. The average molecular weight is 565 g/mol. The number of rotatable bonds is 6. The van der Waals surface area contributed by atoms with Crippen LogP contribution in [0.3, 0.4) is 0 Å². The second kappa shape index (κ2) is 13.8. The summed E-state index contributed by atoms with van der Waals surface area (Å²) in [6.45, 7) is 5.80. The maximum absolute atomic E-state index is 13.7. The Balaban J connectivity index is 0.00000205. The van der Waals surface area contributed by atoms with Gasteiger partial charge in [-0.3, -0.25) is 13.8 Å². The van der Waals surface area contributed by atoms with Crippen molar-refractivity contribution in [2.45, 2.75) is 31.9 Å². The van der Waals surface area contributed by atoms with Crippen molar-refractivity contribution in [1.29, 1.82) is 0 Å². The van der Waals surface area contributed by atoms with E-state index in [4.69, 9.17) is 0 Å². The van der Waals surface area contributed by atoms with Gasteiger partial charge in [0.25, 0.3) is 0 Å². The zero-order valence-electron chi connectivity index (χ0n) is 22.2. The van der Waals surface area contributed by atoms with Crippen molar-refractivity contribution in [3.05, 3.63) is 81.9 Å². The number of ketones is 1. The predicted molar refractivity (Wildman–Crippen MR) is 145 cm³/mol. The number of hydrogen-bond donors (Lipinski definition) is 0. The number of carbonyl (C=O) groups is 2. The Labute approximate surface area is 228 Å². The first kappa shape index (κ1) is 30.4. The molecule has 2 aliphatic heterocycles. The minimum atomic E-state index is -1.07. The number of likely N-dealkylation sites (tertiary alicyclic amines) is 2. The van der Waals surface area contributed by atoms with E-state index >= 15 is 0 Å². The molecule has 0 aliphatic carbocycles. The number of carbonyl (C=O) groups excluding carboxylic acids is 2. The molecule has 1 amide bonds. The zero-order valence-corrected chi connectivity index (χ0v) is 23.0. The summed E-state index contributed by atoms with van der Waals surface area (Å²) in [7, 11) is -0.929. The van der Waals surface area contributed by atoms with Crippen molar-refractivity contribution in [2.75, 3.05) is 39.0 Å². The summed E-state index contributed by atoms with van der Waals surface area (Å²) in [5, 5.41) is 0.0824. The van der Waals surface area contributed by atoms with Crippen LogP contribution in [0.1, 0.15) is 37.8 Å². The smallest absolute Gasteiger partial charge is 0.224 e. The summed E-state index contributed by atoms with van der Waals surface area (Å²) >= 11 is 0. The van der Waals surface area contributed by atoms with Crippen LogP contribution in [0, 0.1) is 23.3 Å². The number of hydrogen-bond acceptors (Lipinski definition) is 4. The third-order valence-electron chi connectivity index (χ3n) is 6.57. The standard InChI is InChI=1S/C27H26F4N2O3S.C2H6/c1-37(36)21-6-8-32(16-21)9-7-26(34)33-14-19(10-17-2-4-22(28)24(30)12-17)27(35)20(15-33)11-18-3-5-23(29)25(31)13-18;1-2/h2-5,10-13,21H,6-9,14-16H2,1H3;1-2H3/b19-10+,20-11+;. The molecule has 2 unspecified atom stereocenters. The zero-order chi connectivity index (χ0) is 28.7. The van der Waals surface area contributed by atoms with E-state index in [9.17, 15) is 31.4 Å². The van der Waals surface area contributed by atoms with Gasteiger partial charge in [0.15, 0.2) is 29.1 Å². The number of halogens is 4. The molecule has 39 heavy (non-hydrogen) atoms. The average Bonchev–Trinajstić information content (AvgIpc) is 3.40. The number of nitrogens with zero attached hydrogens (tertiary/aromatic N) is 2. The van der Waals surface area contributed by atoms with Crippen LogP contribution in [-0.4, -0.2) is 69.9 Å². The van der Waals surface area contributed by atoms with Gasteiger partial charge >= 0.3 is 0 Å². The summed E-state index contributed by atoms with van der Waals surface area (Å²) in [5.41, 5.74) is 0.864. The highest BCUT2D eigenvalue weighted by molar-refractivity contribution is 7.84. The molecule has 2 aromatic carbocycles.